The molecule has 16 heavy (non-hydrogen) atoms. The van der Waals surface area contributed by atoms with E-state index in [1.165, 1.54) is 0 Å². The standard InChI is InChI=1S/C9H16N4O3/c1-3-15-8-11-7(10-2)12-9(13-8)16-6-4-5-14/h14H,3-6H2,1-2H3,(H,10,11,12,13). The molecule has 0 fully saturated rings. The summed E-state index contributed by atoms with van der Waals surface area (Å²) in [5.74, 6) is 0.387. The Kier molecular flexibility index (Phi) is 5.27. The zero-order chi connectivity index (χ0) is 11.8. The molecule has 7 heteroatoms. The van der Waals surface area contributed by atoms with Crippen molar-refractivity contribution in [1.82, 2.24) is 15.0 Å². The van der Waals surface area contributed by atoms with Gasteiger partial charge in [-0.15, -0.1) is 4.98 Å². The summed E-state index contributed by atoms with van der Waals surface area (Å²) in [6.07, 6.45) is 0.532. The molecular weight excluding hydrogens is 212 g/mol. The largest absolute Gasteiger partial charge is 0.464 e. The van der Waals surface area contributed by atoms with E-state index in [1.54, 1.807) is 7.05 Å². The van der Waals surface area contributed by atoms with Crippen molar-refractivity contribution in [2.45, 2.75) is 13.3 Å². The van der Waals surface area contributed by atoms with Crippen molar-refractivity contribution >= 4 is 5.95 Å². The number of hydrogen-bond acceptors (Lipinski definition) is 7. The van der Waals surface area contributed by atoms with Gasteiger partial charge in [0.15, 0.2) is 0 Å². The number of rotatable bonds is 7. The summed E-state index contributed by atoms with van der Waals surface area (Å²) >= 11 is 0. The first-order chi connectivity index (χ1) is 7.80. The van der Waals surface area contributed by atoms with Gasteiger partial charge < -0.3 is 19.9 Å². The average Bonchev–Trinajstić information content (AvgIpc) is 2.29. The van der Waals surface area contributed by atoms with Crippen molar-refractivity contribution in [2.75, 3.05) is 32.2 Å². The molecule has 0 unspecified atom stereocenters. The maximum atomic E-state index is 8.61. The fraction of sp³-hybridized carbons (Fsp3) is 0.667. The Bertz CT molecular complexity index is 322. The molecule has 2 N–H and O–H groups in total. The first-order valence-electron chi connectivity index (χ1n) is 5.10. The van der Waals surface area contributed by atoms with Crippen LogP contribution in [0.15, 0.2) is 0 Å². The molecule has 0 saturated carbocycles. The molecule has 1 aromatic rings. The number of nitrogens with zero attached hydrogens (tertiary/aromatic N) is 3. The third-order valence-corrected chi connectivity index (χ3v) is 1.63. The van der Waals surface area contributed by atoms with E-state index >= 15 is 0 Å². The molecule has 0 amide bonds. The minimum Gasteiger partial charge on any atom is -0.464 e. The van der Waals surface area contributed by atoms with Gasteiger partial charge in [-0.25, -0.2) is 0 Å². The zero-order valence-corrected chi connectivity index (χ0v) is 9.43. The maximum absolute atomic E-state index is 8.61. The summed E-state index contributed by atoms with van der Waals surface area (Å²) in [4.78, 5) is 11.9. The quantitative estimate of drug-likeness (QED) is 0.638. The number of anilines is 1. The number of ether oxygens (including phenoxy) is 2. The van der Waals surface area contributed by atoms with Crippen LogP contribution in [-0.4, -0.2) is 46.9 Å². The van der Waals surface area contributed by atoms with Crippen molar-refractivity contribution in [3.8, 4) is 12.0 Å². The van der Waals surface area contributed by atoms with E-state index in [0.29, 0.717) is 25.6 Å². The van der Waals surface area contributed by atoms with Crippen LogP contribution in [0.1, 0.15) is 13.3 Å². The van der Waals surface area contributed by atoms with E-state index in [0.717, 1.165) is 0 Å². The van der Waals surface area contributed by atoms with Crippen molar-refractivity contribution in [3.63, 3.8) is 0 Å². The summed E-state index contributed by atoms with van der Waals surface area (Å²) in [5.41, 5.74) is 0. The van der Waals surface area contributed by atoms with E-state index in [-0.39, 0.29) is 18.6 Å². The summed E-state index contributed by atoms with van der Waals surface area (Å²) in [7, 11) is 1.70. The van der Waals surface area contributed by atoms with E-state index < -0.39 is 0 Å². The van der Waals surface area contributed by atoms with Crippen molar-refractivity contribution in [3.05, 3.63) is 0 Å². The van der Waals surface area contributed by atoms with Gasteiger partial charge in [-0.05, 0) is 6.92 Å². The van der Waals surface area contributed by atoms with Gasteiger partial charge in [0.2, 0.25) is 5.95 Å². The fourth-order valence-corrected chi connectivity index (χ4v) is 0.936. The molecule has 90 valence electrons. The van der Waals surface area contributed by atoms with Gasteiger partial charge in [0.05, 0.1) is 13.2 Å². The lowest BCUT2D eigenvalue weighted by molar-refractivity contribution is 0.220. The molecule has 0 aliphatic heterocycles. The summed E-state index contributed by atoms with van der Waals surface area (Å²) in [6, 6.07) is 0.414. The van der Waals surface area contributed by atoms with Gasteiger partial charge in [-0.2, -0.15) is 9.97 Å². The number of aromatic nitrogens is 3. The highest BCUT2D eigenvalue weighted by molar-refractivity contribution is 5.26. The van der Waals surface area contributed by atoms with Crippen LogP contribution in [0, 0.1) is 0 Å². The molecule has 0 aliphatic carbocycles. The van der Waals surface area contributed by atoms with E-state index in [9.17, 15) is 0 Å². The summed E-state index contributed by atoms with van der Waals surface area (Å²) in [5, 5.41) is 11.4. The molecule has 1 aromatic heterocycles. The topological polar surface area (TPSA) is 89.4 Å². The number of aliphatic hydroxyl groups excluding tert-OH is 1. The maximum Gasteiger partial charge on any atom is 0.324 e. The average molecular weight is 228 g/mol. The normalized spacial score (nSPS) is 9.94. The smallest absolute Gasteiger partial charge is 0.324 e. The Morgan fingerprint density at radius 3 is 2.44 bits per heavy atom. The van der Waals surface area contributed by atoms with Crippen molar-refractivity contribution in [1.29, 1.82) is 0 Å². The lowest BCUT2D eigenvalue weighted by Crippen LogP contribution is -2.08. The van der Waals surface area contributed by atoms with E-state index in [1.807, 2.05) is 6.92 Å². The molecular formula is C9H16N4O3. The first kappa shape index (κ1) is 12.4. The predicted octanol–water partition coefficient (Wildman–Crippen LogP) is 0.0732. The number of aliphatic hydroxyl groups is 1. The van der Waals surface area contributed by atoms with Gasteiger partial charge in [0.1, 0.15) is 0 Å². The summed E-state index contributed by atoms with van der Waals surface area (Å²) < 4.78 is 10.4. The lowest BCUT2D eigenvalue weighted by atomic mass is 10.5. The van der Waals surface area contributed by atoms with Crippen molar-refractivity contribution in [2.24, 2.45) is 0 Å². The fourth-order valence-electron chi connectivity index (χ4n) is 0.936. The predicted molar refractivity (Wildman–Crippen MR) is 57.7 cm³/mol. The van der Waals surface area contributed by atoms with E-state index in [4.69, 9.17) is 14.6 Å². The highest BCUT2D eigenvalue weighted by Gasteiger charge is 2.06. The van der Waals surface area contributed by atoms with Gasteiger partial charge >= 0.3 is 12.0 Å². The SMILES string of the molecule is CCOc1nc(NC)nc(OCCCO)n1. The highest BCUT2D eigenvalue weighted by atomic mass is 16.5. The van der Waals surface area contributed by atoms with Crippen LogP contribution in [0.25, 0.3) is 0 Å². The highest BCUT2D eigenvalue weighted by Crippen LogP contribution is 2.12. The van der Waals surface area contributed by atoms with Gasteiger partial charge in [-0.3, -0.25) is 0 Å². The Morgan fingerprint density at radius 2 is 1.88 bits per heavy atom. The molecule has 1 heterocycles. The molecule has 0 atom stereocenters. The van der Waals surface area contributed by atoms with E-state index in [2.05, 4.69) is 20.3 Å². The molecule has 7 nitrogen and oxygen atoms in total. The van der Waals surface area contributed by atoms with Gasteiger partial charge in [0.25, 0.3) is 0 Å². The molecule has 0 aromatic carbocycles. The minimum absolute atomic E-state index is 0.0717. The van der Waals surface area contributed by atoms with Crippen LogP contribution in [0.4, 0.5) is 5.95 Å². The van der Waals surface area contributed by atoms with Crippen LogP contribution in [0.2, 0.25) is 0 Å². The second-order valence-corrected chi connectivity index (χ2v) is 2.83. The molecule has 0 spiro atoms. The van der Waals surface area contributed by atoms with Gasteiger partial charge in [-0.1, -0.05) is 0 Å². The van der Waals surface area contributed by atoms with Crippen LogP contribution < -0.4 is 14.8 Å². The molecule has 0 saturated heterocycles. The second kappa shape index (κ2) is 6.78. The third kappa shape index (κ3) is 3.85. The minimum atomic E-state index is 0.0717. The monoisotopic (exact) mass is 228 g/mol. The van der Waals surface area contributed by atoms with Gasteiger partial charge in [0, 0.05) is 20.1 Å². The third-order valence-electron chi connectivity index (χ3n) is 1.63. The van der Waals surface area contributed by atoms with Crippen LogP contribution >= 0.6 is 0 Å². The lowest BCUT2D eigenvalue weighted by Gasteiger charge is -2.07. The van der Waals surface area contributed by atoms with Crippen LogP contribution in [-0.2, 0) is 0 Å². The van der Waals surface area contributed by atoms with Crippen LogP contribution in [0.5, 0.6) is 12.0 Å². The van der Waals surface area contributed by atoms with Crippen LogP contribution in [0.3, 0.4) is 0 Å². The molecule has 1 rings (SSSR count). The molecule has 0 radical (unpaired) electrons. The Labute approximate surface area is 93.9 Å². The molecule has 0 bridgehead atoms. The molecule has 0 aliphatic rings. The zero-order valence-electron chi connectivity index (χ0n) is 9.43. The second-order valence-electron chi connectivity index (χ2n) is 2.83. The summed E-state index contributed by atoms with van der Waals surface area (Å²) in [6.45, 7) is 2.75. The Balaban J connectivity index is 2.69. The Morgan fingerprint density at radius 1 is 1.19 bits per heavy atom. The number of hydrogen-bond donors (Lipinski definition) is 2. The first-order valence-corrected chi connectivity index (χ1v) is 5.10. The number of nitrogens with one attached hydrogen (secondary N) is 1. The van der Waals surface area contributed by atoms with Crippen molar-refractivity contribution < 1.29 is 14.6 Å². The Hall–Kier alpha value is -1.63.